The van der Waals surface area contributed by atoms with Crippen molar-refractivity contribution >= 4 is 28.9 Å². The normalized spacial score (nSPS) is 15.5. The molecule has 3 heterocycles. The number of carboxylic acids is 1. The van der Waals surface area contributed by atoms with Crippen LogP contribution in [0.4, 0.5) is 5.69 Å². The number of aromatic nitrogens is 2. The number of carbonyl (C=O) groups is 2. The number of aromatic amines is 1. The molecule has 0 spiro atoms. The molecule has 142 valence electrons. The molecular weight excluding hydrogens is 386 g/mol. The fraction of sp³-hybridized carbons (Fsp3) is 0.0455. The van der Waals surface area contributed by atoms with Gasteiger partial charge in [-0.15, -0.1) is 11.3 Å². The summed E-state index contributed by atoms with van der Waals surface area (Å²) < 4.78 is 0. The molecule has 0 radical (unpaired) electrons. The van der Waals surface area contributed by atoms with Crippen molar-refractivity contribution in [2.75, 3.05) is 4.90 Å². The lowest BCUT2D eigenvalue weighted by Crippen LogP contribution is -2.29. The van der Waals surface area contributed by atoms with Gasteiger partial charge in [0.15, 0.2) is 0 Å². The molecule has 4 aromatic rings. The maximum atomic E-state index is 13.3. The van der Waals surface area contributed by atoms with E-state index in [1.807, 2.05) is 47.8 Å². The van der Waals surface area contributed by atoms with Crippen molar-refractivity contribution in [1.82, 2.24) is 10.2 Å². The van der Waals surface area contributed by atoms with Gasteiger partial charge in [-0.2, -0.15) is 5.10 Å². The van der Waals surface area contributed by atoms with Crippen LogP contribution in [0.5, 0.6) is 0 Å². The minimum Gasteiger partial charge on any atom is -0.545 e. The van der Waals surface area contributed by atoms with Gasteiger partial charge in [0.05, 0.1) is 11.7 Å². The number of fused-ring (bicyclic) bond motifs is 1. The average Bonchev–Trinajstić information content (AvgIpc) is 3.47. The molecule has 0 bridgehead atoms. The van der Waals surface area contributed by atoms with Gasteiger partial charge in [-0.05, 0) is 29.1 Å². The van der Waals surface area contributed by atoms with E-state index in [9.17, 15) is 14.7 Å². The van der Waals surface area contributed by atoms with Crippen LogP contribution in [0.25, 0.3) is 11.3 Å². The van der Waals surface area contributed by atoms with E-state index in [2.05, 4.69) is 10.2 Å². The maximum Gasteiger partial charge on any atom is 0.277 e. The summed E-state index contributed by atoms with van der Waals surface area (Å²) in [4.78, 5) is 27.1. The van der Waals surface area contributed by atoms with Crippen molar-refractivity contribution in [3.63, 3.8) is 0 Å². The third-order valence-corrected chi connectivity index (χ3v) is 5.93. The molecule has 1 aliphatic rings. The molecule has 1 unspecified atom stereocenters. The van der Waals surface area contributed by atoms with Crippen LogP contribution in [0.3, 0.4) is 0 Å². The highest BCUT2D eigenvalue weighted by Gasteiger charge is 2.43. The van der Waals surface area contributed by atoms with Gasteiger partial charge in [-0.25, -0.2) is 0 Å². The number of anilines is 1. The monoisotopic (exact) mass is 400 g/mol. The first-order valence-electron chi connectivity index (χ1n) is 8.97. The number of nitrogens with zero attached hydrogens (tertiary/aromatic N) is 2. The van der Waals surface area contributed by atoms with Gasteiger partial charge >= 0.3 is 0 Å². The van der Waals surface area contributed by atoms with Gasteiger partial charge < -0.3 is 9.90 Å². The summed E-state index contributed by atoms with van der Waals surface area (Å²) in [6, 6.07) is 19.5. The molecule has 0 aliphatic carbocycles. The van der Waals surface area contributed by atoms with Crippen LogP contribution < -0.4 is 10.0 Å². The highest BCUT2D eigenvalue weighted by Crippen LogP contribution is 2.46. The van der Waals surface area contributed by atoms with Gasteiger partial charge in [0.2, 0.25) is 0 Å². The Bertz CT molecular complexity index is 1200. The number of carbonyl (C=O) groups excluding carboxylic acids is 2. The van der Waals surface area contributed by atoms with Gasteiger partial charge in [-0.1, -0.05) is 48.5 Å². The summed E-state index contributed by atoms with van der Waals surface area (Å²) in [7, 11) is 0. The second-order valence-corrected chi connectivity index (χ2v) is 7.63. The minimum absolute atomic E-state index is 0.0678. The summed E-state index contributed by atoms with van der Waals surface area (Å²) >= 11 is 1.56. The quantitative estimate of drug-likeness (QED) is 0.569. The van der Waals surface area contributed by atoms with E-state index in [1.54, 1.807) is 28.4 Å². The number of amides is 1. The molecule has 0 saturated carbocycles. The van der Waals surface area contributed by atoms with Crippen molar-refractivity contribution in [2.24, 2.45) is 0 Å². The van der Waals surface area contributed by atoms with E-state index in [0.717, 1.165) is 21.7 Å². The molecule has 0 saturated heterocycles. The zero-order valence-electron chi connectivity index (χ0n) is 15.0. The van der Waals surface area contributed by atoms with Gasteiger partial charge in [0, 0.05) is 21.7 Å². The standard InChI is InChI=1S/C22H15N3O3S/c26-21-19-17(18(23-24-19)13-5-2-1-3-6-13)20(16-7-4-12-29-16)25(21)15-10-8-14(9-11-15)22(27)28/h1-12,20H,(H,23,24)(H,27,28)/p-1. The first kappa shape index (κ1) is 17.4. The van der Waals surface area contributed by atoms with Gasteiger partial charge in [-0.3, -0.25) is 14.8 Å². The largest absolute Gasteiger partial charge is 0.545 e. The van der Waals surface area contributed by atoms with Gasteiger partial charge in [0.1, 0.15) is 11.7 Å². The van der Waals surface area contributed by atoms with E-state index in [1.165, 1.54) is 12.1 Å². The second kappa shape index (κ2) is 6.72. The molecule has 2 aromatic carbocycles. The first-order chi connectivity index (χ1) is 14.1. The predicted molar refractivity (Wildman–Crippen MR) is 108 cm³/mol. The number of benzene rings is 2. The highest BCUT2D eigenvalue weighted by molar-refractivity contribution is 7.10. The van der Waals surface area contributed by atoms with Crippen LogP contribution in [0.1, 0.15) is 37.3 Å². The Balaban J connectivity index is 1.67. The molecule has 1 N–H and O–H groups in total. The van der Waals surface area contributed by atoms with E-state index < -0.39 is 5.97 Å². The summed E-state index contributed by atoms with van der Waals surface area (Å²) in [5, 5.41) is 20.4. The molecule has 6 nitrogen and oxygen atoms in total. The van der Waals surface area contributed by atoms with Crippen LogP contribution in [0, 0.1) is 0 Å². The topological polar surface area (TPSA) is 89.1 Å². The number of thiophene rings is 1. The molecule has 7 heteroatoms. The second-order valence-electron chi connectivity index (χ2n) is 6.65. The van der Waals surface area contributed by atoms with E-state index in [-0.39, 0.29) is 17.5 Å². The zero-order chi connectivity index (χ0) is 20.0. The molecular formula is C22H14N3O3S-. The molecule has 29 heavy (non-hydrogen) atoms. The summed E-state index contributed by atoms with van der Waals surface area (Å²) in [5.41, 5.74) is 3.62. The van der Waals surface area contributed by atoms with Crippen LogP contribution in [0.15, 0.2) is 72.1 Å². The number of carboxylic acid groups (broad SMARTS) is 1. The van der Waals surface area contributed by atoms with Crippen molar-refractivity contribution in [2.45, 2.75) is 6.04 Å². The minimum atomic E-state index is -1.25. The third-order valence-electron chi connectivity index (χ3n) is 5.01. The van der Waals surface area contributed by atoms with E-state index >= 15 is 0 Å². The van der Waals surface area contributed by atoms with Crippen molar-refractivity contribution in [1.29, 1.82) is 0 Å². The molecule has 0 fully saturated rings. The summed E-state index contributed by atoms with van der Waals surface area (Å²) in [6.45, 7) is 0. The Labute approximate surface area is 170 Å². The fourth-order valence-corrected chi connectivity index (χ4v) is 4.53. The van der Waals surface area contributed by atoms with E-state index in [4.69, 9.17) is 0 Å². The van der Waals surface area contributed by atoms with Crippen LogP contribution in [-0.2, 0) is 0 Å². The predicted octanol–water partition coefficient (Wildman–Crippen LogP) is 3.25. The molecule has 2 aromatic heterocycles. The third kappa shape index (κ3) is 2.75. The summed E-state index contributed by atoms with van der Waals surface area (Å²) in [5.74, 6) is -1.45. The Morgan fingerprint density at radius 2 is 1.79 bits per heavy atom. The molecule has 1 atom stereocenters. The van der Waals surface area contributed by atoms with Crippen LogP contribution in [-0.4, -0.2) is 22.1 Å². The fourth-order valence-electron chi connectivity index (χ4n) is 3.70. The Morgan fingerprint density at radius 3 is 2.45 bits per heavy atom. The lowest BCUT2D eigenvalue weighted by molar-refractivity contribution is -0.255. The average molecular weight is 400 g/mol. The first-order valence-corrected chi connectivity index (χ1v) is 9.85. The Kier molecular flexibility index (Phi) is 4.03. The number of hydrogen-bond acceptors (Lipinski definition) is 5. The van der Waals surface area contributed by atoms with Gasteiger partial charge in [0.25, 0.3) is 5.91 Å². The number of rotatable bonds is 4. The maximum absolute atomic E-state index is 13.3. The lowest BCUT2D eigenvalue weighted by atomic mass is 10.0. The van der Waals surface area contributed by atoms with Crippen LogP contribution >= 0.6 is 11.3 Å². The number of aromatic carboxylic acids is 1. The van der Waals surface area contributed by atoms with Crippen LogP contribution in [0.2, 0.25) is 0 Å². The van der Waals surface area contributed by atoms with Crippen molar-refractivity contribution < 1.29 is 14.7 Å². The Morgan fingerprint density at radius 1 is 1.03 bits per heavy atom. The molecule has 1 amide bonds. The Hall–Kier alpha value is -3.71. The zero-order valence-corrected chi connectivity index (χ0v) is 15.8. The van der Waals surface area contributed by atoms with E-state index in [0.29, 0.717) is 11.4 Å². The van der Waals surface area contributed by atoms with Crippen molar-refractivity contribution in [3.05, 3.63) is 93.8 Å². The van der Waals surface area contributed by atoms with Crippen molar-refractivity contribution in [3.8, 4) is 11.3 Å². The SMILES string of the molecule is O=C([O-])c1ccc(N2C(=O)c3[nH]nc(-c4ccccc4)c3C2c2cccs2)cc1. The number of nitrogens with one attached hydrogen (secondary N) is 1. The smallest absolute Gasteiger partial charge is 0.277 e. The number of H-pyrrole nitrogens is 1. The molecule has 1 aliphatic heterocycles. The highest BCUT2D eigenvalue weighted by atomic mass is 32.1. The number of hydrogen-bond donors (Lipinski definition) is 1. The molecule has 5 rings (SSSR count). The summed E-state index contributed by atoms with van der Waals surface area (Å²) in [6.07, 6.45) is 0. The lowest BCUT2D eigenvalue weighted by Gasteiger charge is -2.25.